The summed E-state index contributed by atoms with van der Waals surface area (Å²) in [5, 5.41) is 2.16. The number of nitrogens with zero attached hydrogens (tertiary/aromatic N) is 2. The molecular formula is C21H22N4O5. The standard InChI is InChI=1S/C21H22N4O5/c1-11-5-7-24(8-6-11)14-4-3-12(21(29)30-2)9-15(14)25-16(26)10-13-17(18(25)22)20(28)23-19(13)27/h3-4,9-11H,5-8,22H2,1-2H3,(H,23,27,28). The molecule has 2 aromatic rings. The number of anilines is 2. The van der Waals surface area contributed by atoms with Gasteiger partial charge >= 0.3 is 5.97 Å². The van der Waals surface area contributed by atoms with Crippen LogP contribution in [0.4, 0.5) is 11.5 Å². The predicted octanol–water partition coefficient (Wildman–Crippen LogP) is 1.33. The Bertz CT molecular complexity index is 1130. The Morgan fingerprint density at radius 2 is 1.80 bits per heavy atom. The maximum atomic E-state index is 12.9. The van der Waals surface area contributed by atoms with Gasteiger partial charge in [-0.1, -0.05) is 6.92 Å². The molecule has 0 unspecified atom stereocenters. The van der Waals surface area contributed by atoms with Crippen molar-refractivity contribution in [3.63, 3.8) is 0 Å². The number of carbonyl (C=O) groups is 3. The molecule has 3 N–H and O–H groups in total. The minimum atomic E-state index is -0.654. The maximum Gasteiger partial charge on any atom is 0.337 e. The Kier molecular flexibility index (Phi) is 4.81. The van der Waals surface area contributed by atoms with Gasteiger partial charge in [-0.3, -0.25) is 24.3 Å². The van der Waals surface area contributed by atoms with Gasteiger partial charge in [-0.25, -0.2) is 4.79 Å². The SMILES string of the molecule is COC(=O)c1ccc(N2CCC(C)CC2)c(-n2c(N)c3c(cc2=O)C(=O)NC3=O)c1. The summed E-state index contributed by atoms with van der Waals surface area (Å²) >= 11 is 0. The number of pyridine rings is 1. The highest BCUT2D eigenvalue weighted by Gasteiger charge is 2.33. The zero-order valence-corrected chi connectivity index (χ0v) is 16.7. The minimum absolute atomic E-state index is 0.0405. The van der Waals surface area contributed by atoms with Crippen LogP contribution in [0, 0.1) is 5.92 Å². The number of hydrogen-bond acceptors (Lipinski definition) is 7. The number of amides is 2. The number of ether oxygens (including phenoxy) is 1. The average Bonchev–Trinajstić information content (AvgIpc) is 3.01. The number of fused-ring (bicyclic) bond motifs is 1. The van der Waals surface area contributed by atoms with Crippen LogP contribution in [-0.2, 0) is 4.74 Å². The molecule has 1 saturated heterocycles. The lowest BCUT2D eigenvalue weighted by Crippen LogP contribution is -2.34. The van der Waals surface area contributed by atoms with Crippen LogP contribution >= 0.6 is 0 Å². The van der Waals surface area contributed by atoms with Crippen molar-refractivity contribution >= 4 is 29.3 Å². The summed E-state index contributed by atoms with van der Waals surface area (Å²) in [6.07, 6.45) is 1.98. The van der Waals surface area contributed by atoms with Crippen LogP contribution in [-0.4, -0.2) is 42.6 Å². The molecule has 30 heavy (non-hydrogen) atoms. The number of benzene rings is 1. The van der Waals surface area contributed by atoms with Crippen molar-refractivity contribution in [1.82, 2.24) is 9.88 Å². The zero-order valence-electron chi connectivity index (χ0n) is 16.7. The van der Waals surface area contributed by atoms with E-state index in [-0.39, 0.29) is 22.5 Å². The molecule has 0 saturated carbocycles. The third-order valence-electron chi connectivity index (χ3n) is 5.72. The monoisotopic (exact) mass is 410 g/mol. The Balaban J connectivity index is 1.94. The van der Waals surface area contributed by atoms with Crippen molar-refractivity contribution in [1.29, 1.82) is 0 Å². The number of rotatable bonds is 3. The first kappa shape index (κ1) is 19.7. The van der Waals surface area contributed by atoms with E-state index >= 15 is 0 Å². The fourth-order valence-corrected chi connectivity index (χ4v) is 3.99. The van der Waals surface area contributed by atoms with Crippen LogP contribution in [0.5, 0.6) is 0 Å². The van der Waals surface area contributed by atoms with Gasteiger partial charge in [0.15, 0.2) is 0 Å². The van der Waals surface area contributed by atoms with Crippen LogP contribution < -0.4 is 21.5 Å². The van der Waals surface area contributed by atoms with Crippen molar-refractivity contribution in [2.45, 2.75) is 19.8 Å². The summed E-state index contributed by atoms with van der Waals surface area (Å²) in [6.45, 7) is 3.76. The molecule has 3 heterocycles. The van der Waals surface area contributed by atoms with Gasteiger partial charge in [0.2, 0.25) is 0 Å². The zero-order chi connectivity index (χ0) is 21.6. The molecular weight excluding hydrogens is 388 g/mol. The summed E-state index contributed by atoms with van der Waals surface area (Å²) in [7, 11) is 1.27. The fraction of sp³-hybridized carbons (Fsp3) is 0.333. The lowest BCUT2D eigenvalue weighted by Gasteiger charge is -2.34. The van der Waals surface area contributed by atoms with Gasteiger partial charge in [0.1, 0.15) is 5.82 Å². The molecule has 4 rings (SSSR count). The number of methoxy groups -OCH3 is 1. The lowest BCUT2D eigenvalue weighted by molar-refractivity contribution is 0.0600. The van der Waals surface area contributed by atoms with E-state index in [2.05, 4.69) is 17.1 Å². The van der Waals surface area contributed by atoms with E-state index in [9.17, 15) is 19.2 Å². The quantitative estimate of drug-likeness (QED) is 0.578. The average molecular weight is 410 g/mol. The Morgan fingerprint density at radius 3 is 2.47 bits per heavy atom. The topological polar surface area (TPSA) is 124 Å². The Labute approximate surface area is 172 Å². The van der Waals surface area contributed by atoms with E-state index < -0.39 is 23.3 Å². The van der Waals surface area contributed by atoms with E-state index in [1.54, 1.807) is 12.1 Å². The van der Waals surface area contributed by atoms with Crippen LogP contribution in [0.15, 0.2) is 29.1 Å². The molecule has 156 valence electrons. The highest BCUT2D eigenvalue weighted by atomic mass is 16.5. The van der Waals surface area contributed by atoms with Gasteiger partial charge in [-0.05, 0) is 37.0 Å². The molecule has 0 bridgehead atoms. The number of esters is 1. The van der Waals surface area contributed by atoms with Crippen LogP contribution in [0.2, 0.25) is 0 Å². The van der Waals surface area contributed by atoms with Crippen molar-refractivity contribution < 1.29 is 19.1 Å². The molecule has 0 aliphatic carbocycles. The molecule has 2 aliphatic rings. The Hall–Kier alpha value is -3.62. The molecule has 0 radical (unpaired) electrons. The van der Waals surface area contributed by atoms with Gasteiger partial charge in [-0.2, -0.15) is 0 Å². The number of piperidine rings is 1. The first-order valence-electron chi connectivity index (χ1n) is 9.70. The summed E-state index contributed by atoms with van der Waals surface area (Å²) in [4.78, 5) is 51.4. The number of nitrogen functional groups attached to an aromatic ring is 1. The molecule has 1 aromatic carbocycles. The Morgan fingerprint density at radius 1 is 1.10 bits per heavy atom. The van der Waals surface area contributed by atoms with Crippen LogP contribution in [0.3, 0.4) is 0 Å². The molecule has 2 aliphatic heterocycles. The predicted molar refractivity (Wildman–Crippen MR) is 110 cm³/mol. The van der Waals surface area contributed by atoms with Crippen LogP contribution in [0.1, 0.15) is 50.8 Å². The van der Waals surface area contributed by atoms with Crippen molar-refractivity contribution in [3.8, 4) is 5.69 Å². The first-order valence-corrected chi connectivity index (χ1v) is 9.70. The normalized spacial score (nSPS) is 16.4. The molecule has 1 aromatic heterocycles. The number of aromatic nitrogens is 1. The lowest BCUT2D eigenvalue weighted by atomic mass is 9.98. The van der Waals surface area contributed by atoms with E-state index in [4.69, 9.17) is 10.5 Å². The molecule has 1 fully saturated rings. The maximum absolute atomic E-state index is 12.9. The van der Waals surface area contributed by atoms with Crippen molar-refractivity contribution in [3.05, 3.63) is 51.3 Å². The third kappa shape index (κ3) is 3.12. The second-order valence-electron chi connectivity index (χ2n) is 7.64. The second kappa shape index (κ2) is 7.33. The molecule has 0 spiro atoms. The molecule has 9 heteroatoms. The first-order chi connectivity index (χ1) is 14.3. The smallest absolute Gasteiger partial charge is 0.337 e. The number of nitrogens with one attached hydrogen (secondary N) is 1. The number of imide groups is 1. The summed E-state index contributed by atoms with van der Waals surface area (Å²) in [5.41, 5.74) is 6.89. The molecule has 2 amide bonds. The van der Waals surface area contributed by atoms with Gasteiger partial charge in [0.05, 0.1) is 35.2 Å². The summed E-state index contributed by atoms with van der Waals surface area (Å²) in [6, 6.07) is 6.01. The van der Waals surface area contributed by atoms with Gasteiger partial charge in [-0.15, -0.1) is 0 Å². The van der Waals surface area contributed by atoms with Crippen molar-refractivity contribution in [2.24, 2.45) is 5.92 Å². The summed E-state index contributed by atoms with van der Waals surface area (Å²) < 4.78 is 5.99. The largest absolute Gasteiger partial charge is 0.465 e. The number of carbonyl (C=O) groups excluding carboxylic acids is 3. The highest BCUT2D eigenvalue weighted by molar-refractivity contribution is 6.23. The van der Waals surface area contributed by atoms with E-state index in [1.807, 2.05) is 0 Å². The van der Waals surface area contributed by atoms with Gasteiger partial charge in [0.25, 0.3) is 17.4 Å². The van der Waals surface area contributed by atoms with Crippen LogP contribution in [0.25, 0.3) is 5.69 Å². The third-order valence-corrected chi connectivity index (χ3v) is 5.72. The number of hydrogen-bond donors (Lipinski definition) is 2. The molecule has 9 nitrogen and oxygen atoms in total. The van der Waals surface area contributed by atoms with Crippen molar-refractivity contribution in [2.75, 3.05) is 30.8 Å². The van der Waals surface area contributed by atoms with E-state index in [0.29, 0.717) is 17.3 Å². The number of nitrogens with two attached hydrogens (primary N) is 1. The second-order valence-corrected chi connectivity index (χ2v) is 7.64. The summed E-state index contributed by atoms with van der Waals surface area (Å²) in [5.74, 6) is -1.41. The molecule has 0 atom stereocenters. The van der Waals surface area contributed by atoms with Gasteiger partial charge < -0.3 is 15.4 Å². The highest BCUT2D eigenvalue weighted by Crippen LogP contribution is 2.32. The van der Waals surface area contributed by atoms with Gasteiger partial charge in [0, 0.05) is 19.2 Å². The van der Waals surface area contributed by atoms with E-state index in [1.165, 1.54) is 17.7 Å². The minimum Gasteiger partial charge on any atom is -0.465 e. The fourth-order valence-electron chi connectivity index (χ4n) is 3.99. The van der Waals surface area contributed by atoms with E-state index in [0.717, 1.165) is 32.0 Å².